The van der Waals surface area contributed by atoms with Crippen LogP contribution in [0.5, 0.6) is 0 Å². The lowest BCUT2D eigenvalue weighted by atomic mass is 9.91. The van der Waals surface area contributed by atoms with E-state index in [1.54, 1.807) is 0 Å². The van der Waals surface area contributed by atoms with Gasteiger partial charge in [0.2, 0.25) is 6.41 Å². The lowest BCUT2D eigenvalue weighted by molar-refractivity contribution is -0.105. The number of carbonyl (C=O) groups excluding carboxylic acids is 1. The van der Waals surface area contributed by atoms with E-state index in [4.69, 9.17) is 0 Å². The number of hydrogen-bond donors (Lipinski definition) is 3. The Labute approximate surface area is 106 Å². The van der Waals surface area contributed by atoms with E-state index in [-0.39, 0.29) is 0 Å². The summed E-state index contributed by atoms with van der Waals surface area (Å²) < 4.78 is 0. The van der Waals surface area contributed by atoms with Crippen molar-refractivity contribution in [2.75, 3.05) is 12.4 Å². The lowest BCUT2D eigenvalue weighted by Crippen LogP contribution is -2.31. The maximum absolute atomic E-state index is 10.5. The van der Waals surface area contributed by atoms with Gasteiger partial charge in [0.05, 0.1) is 0 Å². The molecule has 3 rings (SSSR count). The second-order valence-electron chi connectivity index (χ2n) is 4.83. The van der Waals surface area contributed by atoms with Gasteiger partial charge in [-0.1, -0.05) is 0 Å². The van der Waals surface area contributed by atoms with Gasteiger partial charge in [-0.15, -0.1) is 0 Å². The first-order valence-corrected chi connectivity index (χ1v) is 6.32. The zero-order valence-electron chi connectivity index (χ0n) is 10.4. The quantitative estimate of drug-likeness (QED) is 0.720. The second-order valence-corrected chi connectivity index (χ2v) is 4.83. The molecule has 0 aliphatic heterocycles. The third-order valence-corrected chi connectivity index (χ3v) is 3.82. The minimum absolute atomic E-state index is 0.555. The third-order valence-electron chi connectivity index (χ3n) is 3.82. The first-order chi connectivity index (χ1) is 8.81. The van der Waals surface area contributed by atoms with Crippen LogP contribution in [0.2, 0.25) is 0 Å². The van der Waals surface area contributed by atoms with Crippen molar-refractivity contribution in [3.63, 3.8) is 0 Å². The minimum atomic E-state index is 0.555. The van der Waals surface area contributed by atoms with Crippen LogP contribution in [0.15, 0.2) is 18.2 Å². The summed E-state index contributed by atoms with van der Waals surface area (Å²) >= 11 is 0. The SMILES string of the molecule is CNC1CCc2[nH]c3ccc(NC=O)cc3c2C1. The number of fused-ring (bicyclic) bond motifs is 3. The van der Waals surface area contributed by atoms with Crippen molar-refractivity contribution in [1.29, 1.82) is 0 Å². The molecule has 0 radical (unpaired) electrons. The monoisotopic (exact) mass is 243 g/mol. The summed E-state index contributed by atoms with van der Waals surface area (Å²) in [5.41, 5.74) is 4.75. The highest BCUT2D eigenvalue weighted by molar-refractivity contribution is 5.89. The number of nitrogens with one attached hydrogen (secondary N) is 3. The van der Waals surface area contributed by atoms with Gasteiger partial charge in [-0.3, -0.25) is 4.79 Å². The van der Waals surface area contributed by atoms with Gasteiger partial charge in [-0.05, 0) is 50.1 Å². The van der Waals surface area contributed by atoms with Crippen LogP contribution in [0, 0.1) is 0 Å². The number of aromatic amines is 1. The molecule has 0 spiro atoms. The van der Waals surface area contributed by atoms with E-state index < -0.39 is 0 Å². The first kappa shape index (κ1) is 11.3. The fourth-order valence-corrected chi connectivity index (χ4v) is 2.82. The highest BCUT2D eigenvalue weighted by Gasteiger charge is 2.21. The Balaban J connectivity index is 2.08. The van der Waals surface area contributed by atoms with Crippen LogP contribution < -0.4 is 10.6 Å². The molecule has 94 valence electrons. The normalized spacial score (nSPS) is 18.6. The van der Waals surface area contributed by atoms with Crippen LogP contribution in [0.3, 0.4) is 0 Å². The molecule has 2 aromatic rings. The Bertz CT molecular complexity index is 588. The van der Waals surface area contributed by atoms with Gasteiger partial charge < -0.3 is 15.6 Å². The fraction of sp³-hybridized carbons (Fsp3) is 0.357. The van der Waals surface area contributed by atoms with Gasteiger partial charge in [0, 0.05) is 28.3 Å². The molecule has 1 aliphatic rings. The van der Waals surface area contributed by atoms with Crippen molar-refractivity contribution >= 4 is 23.0 Å². The summed E-state index contributed by atoms with van der Waals surface area (Å²) in [4.78, 5) is 14.0. The Morgan fingerprint density at radius 1 is 1.44 bits per heavy atom. The average molecular weight is 243 g/mol. The summed E-state index contributed by atoms with van der Waals surface area (Å²) in [6.45, 7) is 0. The largest absolute Gasteiger partial charge is 0.358 e. The number of hydrogen-bond acceptors (Lipinski definition) is 2. The van der Waals surface area contributed by atoms with E-state index in [9.17, 15) is 4.79 Å². The van der Waals surface area contributed by atoms with Gasteiger partial charge in [0.1, 0.15) is 0 Å². The lowest BCUT2D eigenvalue weighted by Gasteiger charge is -2.21. The number of aryl methyl sites for hydroxylation is 1. The van der Waals surface area contributed by atoms with E-state index in [1.807, 2.05) is 19.2 Å². The van der Waals surface area contributed by atoms with E-state index >= 15 is 0 Å². The molecule has 1 aliphatic carbocycles. The molecule has 1 unspecified atom stereocenters. The molecule has 4 heteroatoms. The van der Waals surface area contributed by atoms with Crippen molar-refractivity contribution in [2.24, 2.45) is 0 Å². The molecule has 4 nitrogen and oxygen atoms in total. The molecule has 1 heterocycles. The number of aromatic nitrogens is 1. The maximum Gasteiger partial charge on any atom is 0.211 e. The summed E-state index contributed by atoms with van der Waals surface area (Å²) in [6, 6.07) is 6.57. The number of anilines is 1. The molecule has 1 aromatic heterocycles. The van der Waals surface area contributed by atoms with E-state index in [0.29, 0.717) is 6.04 Å². The number of H-pyrrole nitrogens is 1. The zero-order chi connectivity index (χ0) is 12.5. The van der Waals surface area contributed by atoms with Gasteiger partial charge in [0.25, 0.3) is 0 Å². The molecule has 3 N–H and O–H groups in total. The summed E-state index contributed by atoms with van der Waals surface area (Å²) in [5, 5.41) is 7.30. The third kappa shape index (κ3) is 1.78. The van der Waals surface area contributed by atoms with Crippen molar-refractivity contribution < 1.29 is 4.79 Å². The molecule has 0 bridgehead atoms. The molecule has 0 saturated carbocycles. The molecule has 1 amide bonds. The maximum atomic E-state index is 10.5. The standard InChI is InChI=1S/C14H17N3O/c1-15-9-2-4-13-11(6-9)12-7-10(16-8-18)3-5-14(12)17-13/h3,5,7-9,15,17H,2,4,6H2,1H3,(H,16,18). The Morgan fingerprint density at radius 3 is 3.11 bits per heavy atom. The van der Waals surface area contributed by atoms with E-state index in [2.05, 4.69) is 21.7 Å². The first-order valence-electron chi connectivity index (χ1n) is 6.32. The van der Waals surface area contributed by atoms with Crippen LogP contribution in [-0.2, 0) is 17.6 Å². The van der Waals surface area contributed by atoms with Crippen LogP contribution in [0.1, 0.15) is 17.7 Å². The predicted molar refractivity (Wildman–Crippen MR) is 72.9 cm³/mol. The summed E-state index contributed by atoms with van der Waals surface area (Å²) in [7, 11) is 2.02. The summed E-state index contributed by atoms with van der Waals surface area (Å²) in [6.07, 6.45) is 4.04. The molecule has 0 fully saturated rings. The highest BCUT2D eigenvalue weighted by Crippen LogP contribution is 2.30. The summed E-state index contributed by atoms with van der Waals surface area (Å²) in [5.74, 6) is 0. The van der Waals surface area contributed by atoms with Crippen LogP contribution in [0.25, 0.3) is 10.9 Å². The van der Waals surface area contributed by atoms with Crippen molar-refractivity contribution in [2.45, 2.75) is 25.3 Å². The Morgan fingerprint density at radius 2 is 2.33 bits per heavy atom. The van der Waals surface area contributed by atoms with E-state index in [1.165, 1.54) is 23.1 Å². The number of likely N-dealkylation sites (N-methyl/N-ethyl adjacent to an activating group) is 1. The van der Waals surface area contributed by atoms with Crippen molar-refractivity contribution in [1.82, 2.24) is 10.3 Å². The molecule has 1 atom stereocenters. The van der Waals surface area contributed by atoms with Gasteiger partial charge >= 0.3 is 0 Å². The fourth-order valence-electron chi connectivity index (χ4n) is 2.82. The predicted octanol–water partition coefficient (Wildman–Crippen LogP) is 1.81. The van der Waals surface area contributed by atoms with Crippen LogP contribution in [0.4, 0.5) is 5.69 Å². The van der Waals surface area contributed by atoms with Crippen LogP contribution in [-0.4, -0.2) is 24.5 Å². The van der Waals surface area contributed by atoms with Gasteiger partial charge in [-0.25, -0.2) is 0 Å². The molecular formula is C14H17N3O. The van der Waals surface area contributed by atoms with Gasteiger partial charge in [-0.2, -0.15) is 0 Å². The van der Waals surface area contributed by atoms with Crippen molar-refractivity contribution in [3.8, 4) is 0 Å². The van der Waals surface area contributed by atoms with Gasteiger partial charge in [0.15, 0.2) is 0 Å². The smallest absolute Gasteiger partial charge is 0.211 e. The Kier molecular flexibility index (Phi) is 2.80. The molecular weight excluding hydrogens is 226 g/mol. The number of carbonyl (C=O) groups is 1. The molecule has 18 heavy (non-hydrogen) atoms. The Hall–Kier alpha value is -1.81. The van der Waals surface area contributed by atoms with Crippen LogP contribution >= 0.6 is 0 Å². The van der Waals surface area contributed by atoms with Crippen molar-refractivity contribution in [3.05, 3.63) is 29.5 Å². The number of benzene rings is 1. The minimum Gasteiger partial charge on any atom is -0.358 e. The zero-order valence-corrected chi connectivity index (χ0v) is 10.4. The van der Waals surface area contributed by atoms with E-state index in [0.717, 1.165) is 30.5 Å². The average Bonchev–Trinajstić information content (AvgIpc) is 2.76. The number of rotatable bonds is 3. The number of amides is 1. The highest BCUT2D eigenvalue weighted by atomic mass is 16.1. The molecule has 1 aromatic carbocycles. The second kappa shape index (κ2) is 4.46. The topological polar surface area (TPSA) is 56.9 Å². The molecule has 0 saturated heterocycles.